The molecule has 0 bridgehead atoms. The van der Waals surface area contributed by atoms with Crippen LogP contribution in [0.25, 0.3) is 0 Å². The fourth-order valence-electron chi connectivity index (χ4n) is 2.33. The van der Waals surface area contributed by atoms with Crippen LogP contribution in [0.15, 0.2) is 12.2 Å². The third-order valence-corrected chi connectivity index (χ3v) is 3.48. The molecule has 0 aromatic rings. The van der Waals surface area contributed by atoms with Gasteiger partial charge in [0.05, 0.1) is 0 Å². The van der Waals surface area contributed by atoms with Crippen LogP contribution in [0.2, 0.25) is 0 Å². The number of hydrogen-bond donors (Lipinski definition) is 1. The van der Waals surface area contributed by atoms with Gasteiger partial charge in [-0.3, -0.25) is 0 Å². The fraction of sp³-hybridized carbons (Fsp3) is 0.778. The van der Waals surface area contributed by atoms with Crippen molar-refractivity contribution in [3.05, 3.63) is 12.2 Å². The van der Waals surface area contributed by atoms with Crippen LogP contribution in [0.1, 0.15) is 20.3 Å². The molecular formula is C9H15N. The molecule has 0 radical (unpaired) electrons. The van der Waals surface area contributed by atoms with Gasteiger partial charge in [-0.15, -0.1) is 0 Å². The van der Waals surface area contributed by atoms with E-state index in [2.05, 4.69) is 25.7 Å². The lowest BCUT2D eigenvalue weighted by molar-refractivity contribution is 0.536. The van der Waals surface area contributed by atoms with E-state index >= 15 is 0 Å². The minimum absolute atomic E-state index is 0.483. The topological polar surface area (TPSA) is 12.0 Å². The van der Waals surface area contributed by atoms with Crippen LogP contribution in [0.3, 0.4) is 0 Å². The zero-order chi connectivity index (χ0) is 7.35. The lowest BCUT2D eigenvalue weighted by Gasteiger charge is -2.06. The average molecular weight is 137 g/mol. The first-order valence-corrected chi connectivity index (χ1v) is 4.08. The zero-order valence-corrected chi connectivity index (χ0v) is 6.78. The Morgan fingerprint density at radius 2 is 2.10 bits per heavy atom. The van der Waals surface area contributed by atoms with Gasteiger partial charge in [-0.05, 0) is 18.3 Å². The monoisotopic (exact) mass is 137 g/mol. The molecule has 2 fully saturated rings. The van der Waals surface area contributed by atoms with Gasteiger partial charge in [-0.25, -0.2) is 0 Å². The summed E-state index contributed by atoms with van der Waals surface area (Å²) in [6.07, 6.45) is 1.22. The van der Waals surface area contributed by atoms with Crippen molar-refractivity contribution < 1.29 is 0 Å². The van der Waals surface area contributed by atoms with Gasteiger partial charge in [-0.1, -0.05) is 26.0 Å². The summed E-state index contributed by atoms with van der Waals surface area (Å²) in [5.41, 5.74) is 1.87. The Hall–Kier alpha value is -0.300. The highest BCUT2D eigenvalue weighted by Gasteiger charge is 2.60. The van der Waals surface area contributed by atoms with Crippen LogP contribution in [0.4, 0.5) is 0 Å². The predicted molar refractivity (Wildman–Crippen MR) is 42.8 cm³/mol. The minimum atomic E-state index is 0.483. The lowest BCUT2D eigenvalue weighted by atomic mass is 10.1. The number of nitrogens with one attached hydrogen (secondary N) is 1. The molecule has 1 spiro atoms. The molecule has 1 aliphatic heterocycles. The molecule has 0 aromatic heterocycles. The highest BCUT2D eigenvalue weighted by atomic mass is 15.1. The van der Waals surface area contributed by atoms with Crippen molar-refractivity contribution in [1.82, 2.24) is 5.32 Å². The third-order valence-electron chi connectivity index (χ3n) is 3.48. The summed E-state index contributed by atoms with van der Waals surface area (Å²) in [6, 6.07) is 0. The Labute approximate surface area is 62.5 Å². The van der Waals surface area contributed by atoms with E-state index in [0.29, 0.717) is 5.54 Å². The Morgan fingerprint density at radius 3 is 2.30 bits per heavy atom. The van der Waals surface area contributed by atoms with Crippen LogP contribution < -0.4 is 5.32 Å². The molecule has 1 N–H and O–H groups in total. The summed E-state index contributed by atoms with van der Waals surface area (Å²) in [5, 5.41) is 3.56. The van der Waals surface area contributed by atoms with Gasteiger partial charge in [0, 0.05) is 12.1 Å². The van der Waals surface area contributed by atoms with E-state index in [1.807, 2.05) is 0 Å². The van der Waals surface area contributed by atoms with Gasteiger partial charge in [0.25, 0.3) is 0 Å². The smallest absolute Gasteiger partial charge is 0.0279 e. The van der Waals surface area contributed by atoms with Crippen molar-refractivity contribution in [2.75, 3.05) is 6.54 Å². The summed E-state index contributed by atoms with van der Waals surface area (Å²) in [5.74, 6) is 1.73. The highest BCUT2D eigenvalue weighted by molar-refractivity contribution is 5.26. The second-order valence-electron chi connectivity index (χ2n) is 3.90. The van der Waals surface area contributed by atoms with E-state index in [1.54, 1.807) is 0 Å². The summed E-state index contributed by atoms with van der Waals surface area (Å²) in [7, 11) is 0. The van der Waals surface area contributed by atoms with Gasteiger partial charge in [0.1, 0.15) is 0 Å². The molecule has 2 rings (SSSR count). The van der Waals surface area contributed by atoms with Gasteiger partial charge < -0.3 is 5.32 Å². The quantitative estimate of drug-likeness (QED) is 0.500. The summed E-state index contributed by atoms with van der Waals surface area (Å²) >= 11 is 0. The second-order valence-corrected chi connectivity index (χ2v) is 3.90. The maximum atomic E-state index is 4.00. The van der Waals surface area contributed by atoms with Crippen molar-refractivity contribution >= 4 is 0 Å². The largest absolute Gasteiger partial charge is 0.307 e. The van der Waals surface area contributed by atoms with E-state index in [1.165, 1.54) is 12.0 Å². The Kier molecular flexibility index (Phi) is 1.06. The van der Waals surface area contributed by atoms with Crippen LogP contribution in [0, 0.1) is 11.8 Å². The van der Waals surface area contributed by atoms with E-state index in [9.17, 15) is 0 Å². The van der Waals surface area contributed by atoms with Gasteiger partial charge >= 0.3 is 0 Å². The van der Waals surface area contributed by atoms with Gasteiger partial charge in [-0.2, -0.15) is 0 Å². The first-order chi connectivity index (χ1) is 4.67. The van der Waals surface area contributed by atoms with Crippen LogP contribution in [-0.4, -0.2) is 12.1 Å². The van der Waals surface area contributed by atoms with Crippen molar-refractivity contribution in [2.45, 2.75) is 25.8 Å². The molecule has 1 aliphatic carbocycles. The first kappa shape index (κ1) is 6.41. The normalized spacial score (nSPS) is 52.4. The van der Waals surface area contributed by atoms with Crippen LogP contribution >= 0.6 is 0 Å². The van der Waals surface area contributed by atoms with Gasteiger partial charge in [0.15, 0.2) is 0 Å². The van der Waals surface area contributed by atoms with Gasteiger partial charge in [0.2, 0.25) is 0 Å². The lowest BCUT2D eigenvalue weighted by Crippen LogP contribution is -2.26. The number of hydrogen-bond acceptors (Lipinski definition) is 1. The van der Waals surface area contributed by atoms with Crippen molar-refractivity contribution in [3.8, 4) is 0 Å². The Balaban J connectivity index is 2.15. The first-order valence-electron chi connectivity index (χ1n) is 4.08. The molecular weight excluding hydrogens is 122 g/mol. The molecule has 2 unspecified atom stereocenters. The SMILES string of the molecule is C=C1CNC2(C1)C(C)C2C. The molecule has 2 aliphatic rings. The van der Waals surface area contributed by atoms with Crippen molar-refractivity contribution in [3.63, 3.8) is 0 Å². The Bertz CT molecular complexity index is 175. The van der Waals surface area contributed by atoms with Crippen molar-refractivity contribution in [2.24, 2.45) is 11.8 Å². The minimum Gasteiger partial charge on any atom is -0.307 e. The second kappa shape index (κ2) is 1.65. The molecule has 56 valence electrons. The molecule has 1 heterocycles. The molecule has 10 heavy (non-hydrogen) atoms. The Morgan fingerprint density at radius 1 is 1.50 bits per heavy atom. The van der Waals surface area contributed by atoms with E-state index < -0.39 is 0 Å². The molecule has 0 aromatic carbocycles. The highest BCUT2D eigenvalue weighted by Crippen LogP contribution is 2.55. The maximum absolute atomic E-state index is 4.00. The summed E-state index contributed by atoms with van der Waals surface area (Å²) < 4.78 is 0. The summed E-state index contributed by atoms with van der Waals surface area (Å²) in [6.45, 7) is 9.71. The average Bonchev–Trinajstić information content (AvgIpc) is 2.37. The maximum Gasteiger partial charge on any atom is 0.0279 e. The fourth-order valence-corrected chi connectivity index (χ4v) is 2.33. The summed E-state index contributed by atoms with van der Waals surface area (Å²) in [4.78, 5) is 0. The molecule has 1 saturated heterocycles. The van der Waals surface area contributed by atoms with Crippen molar-refractivity contribution in [1.29, 1.82) is 0 Å². The molecule has 1 heteroatoms. The predicted octanol–water partition coefficient (Wildman–Crippen LogP) is 1.56. The van der Waals surface area contributed by atoms with E-state index in [0.717, 1.165) is 18.4 Å². The molecule has 1 saturated carbocycles. The molecule has 0 amide bonds. The number of rotatable bonds is 0. The standard InChI is InChI=1S/C9H15N/c1-6-4-9(10-5-6)7(2)8(9)3/h7-8,10H,1,4-5H2,2-3H3. The van der Waals surface area contributed by atoms with Crippen LogP contribution in [-0.2, 0) is 0 Å². The van der Waals surface area contributed by atoms with E-state index in [4.69, 9.17) is 0 Å². The molecule has 2 atom stereocenters. The third kappa shape index (κ3) is 0.567. The van der Waals surface area contributed by atoms with E-state index in [-0.39, 0.29) is 0 Å². The zero-order valence-electron chi connectivity index (χ0n) is 6.78. The van der Waals surface area contributed by atoms with Crippen LogP contribution in [0.5, 0.6) is 0 Å². The molecule has 1 nitrogen and oxygen atoms in total.